The van der Waals surface area contributed by atoms with Gasteiger partial charge in [-0.05, 0) is 43.3 Å². The molecule has 0 saturated carbocycles. The summed E-state index contributed by atoms with van der Waals surface area (Å²) in [6.45, 7) is 5.65. The van der Waals surface area contributed by atoms with Crippen LogP contribution in [0.25, 0.3) is 10.8 Å². The number of thiophene rings is 1. The van der Waals surface area contributed by atoms with Crippen LogP contribution in [0.4, 0.5) is 5.69 Å². The van der Waals surface area contributed by atoms with E-state index in [-0.39, 0.29) is 24.8 Å². The van der Waals surface area contributed by atoms with Crippen molar-refractivity contribution < 1.29 is 14.0 Å². The van der Waals surface area contributed by atoms with Crippen LogP contribution >= 0.6 is 11.3 Å². The lowest BCUT2D eigenvalue weighted by Crippen LogP contribution is -2.36. The number of hydrogen-bond acceptors (Lipinski definition) is 5. The zero-order valence-electron chi connectivity index (χ0n) is 16.4. The van der Waals surface area contributed by atoms with Crippen molar-refractivity contribution in [2.45, 2.75) is 27.2 Å². The van der Waals surface area contributed by atoms with E-state index in [9.17, 15) is 9.59 Å². The number of aromatic nitrogens is 1. The Balaban J connectivity index is 1.61. The normalized spacial score (nSPS) is 10.7. The van der Waals surface area contributed by atoms with E-state index in [1.165, 1.54) is 16.2 Å². The lowest BCUT2D eigenvalue weighted by molar-refractivity contribution is -0.132. The molecule has 3 aromatic rings. The predicted molar refractivity (Wildman–Crippen MR) is 110 cm³/mol. The lowest BCUT2D eigenvalue weighted by atomic mass is 10.1. The summed E-state index contributed by atoms with van der Waals surface area (Å²) in [7, 11) is 1.61. The number of likely N-dealkylation sites (N-methyl/N-ethyl adjacent to an activating group) is 1. The molecule has 2 amide bonds. The number of aryl methyl sites for hydroxylation is 3. The van der Waals surface area contributed by atoms with Gasteiger partial charge in [-0.15, -0.1) is 11.3 Å². The second kappa shape index (κ2) is 8.39. The SMILES string of the molecule is Cc1cccc(C)c1NC(=O)CN(C)C(=O)Cc1nc(-c2cccs2)oc1C. The maximum atomic E-state index is 12.5. The Hall–Kier alpha value is -2.93. The van der Waals surface area contributed by atoms with Gasteiger partial charge in [-0.2, -0.15) is 0 Å². The summed E-state index contributed by atoms with van der Waals surface area (Å²) >= 11 is 1.53. The van der Waals surface area contributed by atoms with E-state index in [0.717, 1.165) is 21.7 Å². The second-order valence-electron chi connectivity index (χ2n) is 6.74. The van der Waals surface area contributed by atoms with Crippen molar-refractivity contribution >= 4 is 28.8 Å². The molecule has 0 radical (unpaired) electrons. The van der Waals surface area contributed by atoms with Crippen LogP contribution in [-0.4, -0.2) is 35.3 Å². The number of amides is 2. The molecule has 1 N–H and O–H groups in total. The summed E-state index contributed by atoms with van der Waals surface area (Å²) in [6, 6.07) is 9.67. The molecular formula is C21H23N3O3S. The molecule has 2 aromatic heterocycles. The van der Waals surface area contributed by atoms with Crippen molar-refractivity contribution in [3.05, 3.63) is 58.3 Å². The van der Waals surface area contributed by atoms with Crippen molar-refractivity contribution in [1.82, 2.24) is 9.88 Å². The van der Waals surface area contributed by atoms with Crippen LogP contribution in [0.5, 0.6) is 0 Å². The highest BCUT2D eigenvalue weighted by Crippen LogP contribution is 2.26. The van der Waals surface area contributed by atoms with E-state index in [2.05, 4.69) is 10.3 Å². The molecule has 0 saturated heterocycles. The number of hydrogen-bond donors (Lipinski definition) is 1. The van der Waals surface area contributed by atoms with Gasteiger partial charge in [-0.25, -0.2) is 4.98 Å². The van der Waals surface area contributed by atoms with Crippen LogP contribution in [0.2, 0.25) is 0 Å². The maximum absolute atomic E-state index is 12.5. The third-order valence-corrected chi connectivity index (χ3v) is 5.35. The minimum absolute atomic E-state index is 0.0265. The van der Waals surface area contributed by atoms with Crippen molar-refractivity contribution in [1.29, 1.82) is 0 Å². The highest BCUT2D eigenvalue weighted by Gasteiger charge is 2.19. The molecule has 3 rings (SSSR count). The van der Waals surface area contributed by atoms with Gasteiger partial charge < -0.3 is 14.6 Å². The quantitative estimate of drug-likeness (QED) is 0.683. The zero-order valence-corrected chi connectivity index (χ0v) is 17.2. The zero-order chi connectivity index (χ0) is 20.3. The number of rotatable bonds is 6. The summed E-state index contributed by atoms with van der Waals surface area (Å²) in [6.07, 6.45) is 0.0912. The fraction of sp³-hybridized carbons (Fsp3) is 0.286. The van der Waals surface area contributed by atoms with Crippen LogP contribution in [-0.2, 0) is 16.0 Å². The number of nitrogens with one attached hydrogen (secondary N) is 1. The van der Waals surface area contributed by atoms with E-state index in [4.69, 9.17) is 4.42 Å². The van der Waals surface area contributed by atoms with Gasteiger partial charge in [0.1, 0.15) is 5.76 Å². The van der Waals surface area contributed by atoms with Crippen LogP contribution in [0.15, 0.2) is 40.1 Å². The number of anilines is 1. The van der Waals surface area contributed by atoms with Crippen molar-refractivity contribution in [3.8, 4) is 10.8 Å². The van der Waals surface area contributed by atoms with Crippen molar-refractivity contribution in [2.75, 3.05) is 18.9 Å². The van der Waals surface area contributed by atoms with Crippen molar-refractivity contribution in [3.63, 3.8) is 0 Å². The van der Waals surface area contributed by atoms with Crippen LogP contribution in [0, 0.1) is 20.8 Å². The molecule has 0 aliphatic heterocycles. The average molecular weight is 398 g/mol. The van der Waals surface area contributed by atoms with Crippen LogP contribution in [0.3, 0.4) is 0 Å². The monoisotopic (exact) mass is 397 g/mol. The molecule has 146 valence electrons. The minimum Gasteiger partial charge on any atom is -0.440 e. The smallest absolute Gasteiger partial charge is 0.243 e. The summed E-state index contributed by atoms with van der Waals surface area (Å²) in [5.74, 6) is 0.714. The highest BCUT2D eigenvalue weighted by atomic mass is 32.1. The van der Waals surface area contributed by atoms with E-state index in [0.29, 0.717) is 17.3 Å². The molecular weight excluding hydrogens is 374 g/mol. The fourth-order valence-corrected chi connectivity index (χ4v) is 3.52. The van der Waals surface area contributed by atoms with E-state index < -0.39 is 0 Å². The first-order chi connectivity index (χ1) is 13.3. The van der Waals surface area contributed by atoms with Crippen LogP contribution < -0.4 is 5.32 Å². The number of carbonyl (C=O) groups is 2. The summed E-state index contributed by atoms with van der Waals surface area (Å²) in [5, 5.41) is 4.84. The van der Waals surface area contributed by atoms with Gasteiger partial charge in [0.25, 0.3) is 0 Å². The fourth-order valence-electron chi connectivity index (χ4n) is 2.87. The molecule has 28 heavy (non-hydrogen) atoms. The largest absolute Gasteiger partial charge is 0.440 e. The van der Waals surface area contributed by atoms with Crippen LogP contribution in [0.1, 0.15) is 22.6 Å². The molecule has 0 unspecified atom stereocenters. The Morgan fingerprint density at radius 3 is 2.50 bits per heavy atom. The Morgan fingerprint density at radius 2 is 1.86 bits per heavy atom. The van der Waals surface area contributed by atoms with Gasteiger partial charge in [0, 0.05) is 12.7 Å². The molecule has 0 fully saturated rings. The van der Waals surface area contributed by atoms with Gasteiger partial charge in [-0.1, -0.05) is 24.3 Å². The predicted octanol–water partition coefficient (Wildman–Crippen LogP) is 3.97. The van der Waals surface area contributed by atoms with Gasteiger partial charge in [0.05, 0.1) is 23.5 Å². The molecule has 0 aliphatic rings. The molecule has 0 bridgehead atoms. The van der Waals surface area contributed by atoms with Gasteiger partial charge in [0.2, 0.25) is 17.7 Å². The first kappa shape index (κ1) is 19.8. The lowest BCUT2D eigenvalue weighted by Gasteiger charge is -2.18. The molecule has 2 heterocycles. The molecule has 7 heteroatoms. The Labute approximate surface area is 168 Å². The Bertz CT molecular complexity index is 972. The van der Waals surface area contributed by atoms with Crippen molar-refractivity contribution in [2.24, 2.45) is 0 Å². The number of benzene rings is 1. The average Bonchev–Trinajstić information content (AvgIpc) is 3.28. The van der Waals surface area contributed by atoms with Gasteiger partial charge in [0.15, 0.2) is 0 Å². The maximum Gasteiger partial charge on any atom is 0.243 e. The summed E-state index contributed by atoms with van der Waals surface area (Å²) in [5.41, 5.74) is 3.36. The topological polar surface area (TPSA) is 75.4 Å². The number of oxazole rings is 1. The van der Waals surface area contributed by atoms with Gasteiger partial charge in [-0.3, -0.25) is 9.59 Å². The van der Waals surface area contributed by atoms with E-state index >= 15 is 0 Å². The molecule has 1 aromatic carbocycles. The Kier molecular flexibility index (Phi) is 5.94. The third-order valence-electron chi connectivity index (χ3n) is 4.50. The number of nitrogens with zero attached hydrogens (tertiary/aromatic N) is 2. The van der Waals surface area contributed by atoms with E-state index in [1.54, 1.807) is 14.0 Å². The molecule has 0 atom stereocenters. The highest BCUT2D eigenvalue weighted by molar-refractivity contribution is 7.13. The molecule has 0 aliphatic carbocycles. The van der Waals surface area contributed by atoms with Gasteiger partial charge >= 0.3 is 0 Å². The second-order valence-corrected chi connectivity index (χ2v) is 7.69. The summed E-state index contributed by atoms with van der Waals surface area (Å²) in [4.78, 5) is 31.7. The first-order valence-electron chi connectivity index (χ1n) is 8.95. The number of carbonyl (C=O) groups excluding carboxylic acids is 2. The van der Waals surface area contributed by atoms with E-state index in [1.807, 2.05) is 49.6 Å². The first-order valence-corrected chi connectivity index (χ1v) is 9.83. The number of para-hydroxylation sites is 1. The minimum atomic E-state index is -0.232. The third kappa shape index (κ3) is 4.48. The molecule has 0 spiro atoms. The summed E-state index contributed by atoms with van der Waals surface area (Å²) < 4.78 is 5.68. The Morgan fingerprint density at radius 1 is 1.14 bits per heavy atom. The molecule has 6 nitrogen and oxygen atoms in total. The standard InChI is InChI=1S/C21H23N3O3S/c1-13-7-5-8-14(2)20(13)23-18(25)12-24(4)19(26)11-16-15(3)27-21(22-16)17-9-6-10-28-17/h5-10H,11-12H2,1-4H3,(H,23,25).